The van der Waals surface area contributed by atoms with Crippen LogP contribution in [0.2, 0.25) is 0 Å². The van der Waals surface area contributed by atoms with Gasteiger partial charge in [-0.1, -0.05) is 18.7 Å². The van der Waals surface area contributed by atoms with Crippen LogP contribution in [0.3, 0.4) is 0 Å². The first kappa shape index (κ1) is 21.6. The van der Waals surface area contributed by atoms with Gasteiger partial charge in [-0.15, -0.1) is 21.5 Å². The van der Waals surface area contributed by atoms with E-state index in [2.05, 4.69) is 38.0 Å². The minimum Gasteiger partial charge on any atom is -0.467 e. The molecule has 0 bridgehead atoms. The summed E-state index contributed by atoms with van der Waals surface area (Å²) in [6.07, 6.45) is 4.95. The lowest BCUT2D eigenvalue weighted by molar-refractivity contribution is -0.131. The molecule has 32 heavy (non-hydrogen) atoms. The summed E-state index contributed by atoms with van der Waals surface area (Å²) in [6.45, 7) is 8.29. The minimum absolute atomic E-state index is 0.160. The Labute approximate surface area is 196 Å². The van der Waals surface area contributed by atoms with Crippen molar-refractivity contribution in [2.24, 2.45) is 5.92 Å². The van der Waals surface area contributed by atoms with Gasteiger partial charge in [0.05, 0.1) is 18.1 Å². The van der Waals surface area contributed by atoms with Gasteiger partial charge in [-0.05, 0) is 61.2 Å². The molecule has 2 aliphatic heterocycles. The van der Waals surface area contributed by atoms with Crippen LogP contribution in [0.5, 0.6) is 0 Å². The van der Waals surface area contributed by atoms with Gasteiger partial charge in [0.15, 0.2) is 5.16 Å². The molecule has 0 saturated carbocycles. The van der Waals surface area contributed by atoms with Gasteiger partial charge in [0.25, 0.3) is 0 Å². The number of piperidine rings is 1. The van der Waals surface area contributed by atoms with Crippen LogP contribution in [0.1, 0.15) is 42.9 Å². The number of fused-ring (bicyclic) bond motifs is 1. The molecule has 2 aliphatic rings. The predicted molar refractivity (Wildman–Crippen MR) is 127 cm³/mol. The normalized spacial score (nSPS) is 18.1. The fourth-order valence-corrected chi connectivity index (χ4v) is 6.23. The van der Waals surface area contributed by atoms with Crippen molar-refractivity contribution < 1.29 is 9.21 Å². The Kier molecular flexibility index (Phi) is 6.28. The molecular formula is C23H29N5O2S2. The van der Waals surface area contributed by atoms with E-state index in [1.54, 1.807) is 17.6 Å². The molecule has 170 valence electrons. The lowest BCUT2D eigenvalue weighted by atomic mass is 10.00. The zero-order valence-electron chi connectivity index (χ0n) is 18.6. The Balaban J connectivity index is 1.33. The summed E-state index contributed by atoms with van der Waals surface area (Å²) >= 11 is 3.29. The van der Waals surface area contributed by atoms with Crippen molar-refractivity contribution in [3.8, 4) is 0 Å². The number of anilines is 1. The van der Waals surface area contributed by atoms with E-state index in [9.17, 15) is 4.79 Å². The van der Waals surface area contributed by atoms with E-state index in [4.69, 9.17) is 4.42 Å². The third-order valence-electron chi connectivity index (χ3n) is 6.41. The largest absolute Gasteiger partial charge is 0.467 e. The average molecular weight is 472 g/mol. The maximum absolute atomic E-state index is 13.2. The molecule has 1 amide bonds. The molecule has 0 N–H and O–H groups in total. The van der Waals surface area contributed by atoms with Crippen LogP contribution in [-0.4, -0.2) is 50.5 Å². The Morgan fingerprint density at radius 3 is 2.91 bits per heavy atom. The van der Waals surface area contributed by atoms with Gasteiger partial charge in [0.2, 0.25) is 11.9 Å². The number of hydrogen-bond donors (Lipinski definition) is 0. The van der Waals surface area contributed by atoms with E-state index in [1.807, 2.05) is 24.0 Å². The van der Waals surface area contributed by atoms with Crippen molar-refractivity contribution in [3.63, 3.8) is 0 Å². The molecule has 1 fully saturated rings. The van der Waals surface area contributed by atoms with Crippen molar-refractivity contribution >= 4 is 35.0 Å². The molecule has 1 unspecified atom stereocenters. The first-order valence-electron chi connectivity index (χ1n) is 11.3. The van der Waals surface area contributed by atoms with Crippen LogP contribution in [-0.2, 0) is 24.3 Å². The zero-order valence-corrected chi connectivity index (χ0v) is 20.2. The summed E-state index contributed by atoms with van der Waals surface area (Å²) in [5, 5.41) is 11.7. The second-order valence-corrected chi connectivity index (χ2v) is 11.1. The maximum Gasteiger partial charge on any atom is 0.236 e. The van der Waals surface area contributed by atoms with Crippen LogP contribution < -0.4 is 4.90 Å². The van der Waals surface area contributed by atoms with Crippen LogP contribution in [0, 0.1) is 5.92 Å². The maximum atomic E-state index is 13.2. The molecule has 5 heterocycles. The highest BCUT2D eigenvalue weighted by Crippen LogP contribution is 2.31. The number of thiophene rings is 1. The number of carbonyl (C=O) groups is 1. The van der Waals surface area contributed by atoms with E-state index in [1.165, 1.54) is 22.2 Å². The summed E-state index contributed by atoms with van der Waals surface area (Å²) < 4.78 is 7.72. The standard InChI is InChI=1S/C23H29N5O2S2/c1-16-5-9-26(10-6-16)22-24-25-23(28(22)15-19-4-3-12-30-19)32-17(2)21(29)27-11-7-20-18(14-27)8-13-31-20/h3-4,8,12-13,16-17H,5-7,9-11,14-15H2,1-2H3. The summed E-state index contributed by atoms with van der Waals surface area (Å²) in [6, 6.07) is 6.01. The van der Waals surface area contributed by atoms with Crippen LogP contribution in [0.15, 0.2) is 39.4 Å². The molecule has 7 nitrogen and oxygen atoms in total. The predicted octanol–water partition coefficient (Wildman–Crippen LogP) is 4.28. The summed E-state index contributed by atoms with van der Waals surface area (Å²) in [7, 11) is 0. The van der Waals surface area contributed by atoms with Crippen LogP contribution >= 0.6 is 23.1 Å². The molecule has 9 heteroatoms. The number of furan rings is 1. The summed E-state index contributed by atoms with van der Waals surface area (Å²) in [4.78, 5) is 18.9. The second kappa shape index (κ2) is 9.31. The van der Waals surface area contributed by atoms with E-state index < -0.39 is 0 Å². The van der Waals surface area contributed by atoms with E-state index in [0.29, 0.717) is 13.1 Å². The van der Waals surface area contributed by atoms with Crippen molar-refractivity contribution in [3.05, 3.63) is 46.0 Å². The van der Waals surface area contributed by atoms with Gasteiger partial charge < -0.3 is 14.2 Å². The Morgan fingerprint density at radius 2 is 2.12 bits per heavy atom. The topological polar surface area (TPSA) is 67.4 Å². The van der Waals surface area contributed by atoms with Gasteiger partial charge in [-0.2, -0.15) is 0 Å². The lowest BCUT2D eigenvalue weighted by Gasteiger charge is -2.31. The van der Waals surface area contributed by atoms with Crippen LogP contribution in [0.4, 0.5) is 5.95 Å². The highest BCUT2D eigenvalue weighted by molar-refractivity contribution is 8.00. The molecule has 0 radical (unpaired) electrons. The number of rotatable bonds is 6. The molecule has 1 atom stereocenters. The van der Waals surface area contributed by atoms with Gasteiger partial charge in [0, 0.05) is 31.1 Å². The number of hydrogen-bond acceptors (Lipinski definition) is 7. The Morgan fingerprint density at radius 1 is 1.28 bits per heavy atom. The number of aromatic nitrogens is 3. The minimum atomic E-state index is -0.232. The summed E-state index contributed by atoms with van der Waals surface area (Å²) in [5.41, 5.74) is 1.29. The lowest BCUT2D eigenvalue weighted by Crippen LogP contribution is -2.39. The zero-order chi connectivity index (χ0) is 22.1. The smallest absolute Gasteiger partial charge is 0.236 e. The molecule has 0 aliphatic carbocycles. The summed E-state index contributed by atoms with van der Waals surface area (Å²) in [5.74, 6) is 2.63. The first-order valence-corrected chi connectivity index (χ1v) is 13.1. The Hall–Kier alpha value is -2.26. The highest BCUT2D eigenvalue weighted by Gasteiger charge is 2.29. The van der Waals surface area contributed by atoms with Crippen molar-refractivity contribution in [1.29, 1.82) is 0 Å². The third kappa shape index (κ3) is 4.45. The van der Waals surface area contributed by atoms with Gasteiger partial charge >= 0.3 is 0 Å². The molecular weight excluding hydrogens is 442 g/mol. The number of thioether (sulfide) groups is 1. The second-order valence-electron chi connectivity index (χ2n) is 8.76. The van der Waals surface area contributed by atoms with Crippen molar-refractivity contribution in [1.82, 2.24) is 19.7 Å². The van der Waals surface area contributed by atoms with E-state index >= 15 is 0 Å². The fourth-order valence-electron chi connectivity index (χ4n) is 4.41. The quantitative estimate of drug-likeness (QED) is 0.500. The van der Waals surface area contributed by atoms with Crippen molar-refractivity contribution in [2.45, 2.75) is 56.6 Å². The molecule has 3 aromatic heterocycles. The van der Waals surface area contributed by atoms with Crippen molar-refractivity contribution in [2.75, 3.05) is 24.5 Å². The van der Waals surface area contributed by atoms with Crippen LogP contribution in [0.25, 0.3) is 0 Å². The molecule has 5 rings (SSSR count). The monoisotopic (exact) mass is 471 g/mol. The molecule has 1 saturated heterocycles. The fraction of sp³-hybridized carbons (Fsp3) is 0.522. The number of carbonyl (C=O) groups excluding carboxylic acids is 1. The first-order chi connectivity index (χ1) is 15.6. The average Bonchev–Trinajstić information content (AvgIpc) is 3.56. The third-order valence-corrected chi connectivity index (χ3v) is 8.50. The Bertz CT molecular complexity index is 1050. The van der Waals surface area contributed by atoms with E-state index in [-0.39, 0.29) is 11.2 Å². The molecule has 0 spiro atoms. The van der Waals surface area contributed by atoms with E-state index in [0.717, 1.165) is 61.7 Å². The highest BCUT2D eigenvalue weighted by atomic mass is 32.2. The SMILES string of the molecule is CC1CCN(c2nnc(SC(C)C(=O)N3CCc4sccc4C3)n2Cc2ccco2)CC1. The number of amides is 1. The molecule has 3 aromatic rings. The van der Waals surface area contributed by atoms with Gasteiger partial charge in [-0.25, -0.2) is 0 Å². The molecule has 0 aromatic carbocycles. The number of nitrogens with zero attached hydrogens (tertiary/aromatic N) is 5. The van der Waals surface area contributed by atoms with Gasteiger partial charge in [0.1, 0.15) is 5.76 Å². The van der Waals surface area contributed by atoms with Gasteiger partial charge in [-0.3, -0.25) is 9.36 Å².